The van der Waals surface area contributed by atoms with Gasteiger partial charge in [0.25, 0.3) is 11.8 Å². The first-order valence-corrected chi connectivity index (χ1v) is 14.8. The predicted octanol–water partition coefficient (Wildman–Crippen LogP) is 5.26. The molecule has 2 aliphatic heterocycles. The molecule has 40 heavy (non-hydrogen) atoms. The third-order valence-electron chi connectivity index (χ3n) is 8.98. The Labute approximate surface area is 249 Å². The average molecular weight is 644 g/mol. The van der Waals surface area contributed by atoms with E-state index in [1.54, 1.807) is 55.5 Å². The van der Waals surface area contributed by atoms with E-state index >= 15 is 0 Å². The Kier molecular flexibility index (Phi) is 6.33. The maximum atomic E-state index is 14.0. The molecule has 0 unspecified atom stereocenters. The molecular formula is C30H25BrCl2N2O5. The highest BCUT2D eigenvalue weighted by Crippen LogP contribution is 2.66. The number of alkyl halides is 3. The lowest BCUT2D eigenvalue weighted by atomic mass is 9.56. The molecule has 4 amide bonds. The molecule has 0 bridgehead atoms. The van der Waals surface area contributed by atoms with Crippen LogP contribution in [0.15, 0.2) is 60.7 Å². The third-order valence-corrected chi connectivity index (χ3v) is 10.9. The van der Waals surface area contributed by atoms with Crippen LogP contribution in [0.5, 0.6) is 5.75 Å². The van der Waals surface area contributed by atoms with E-state index in [9.17, 15) is 24.3 Å². The summed E-state index contributed by atoms with van der Waals surface area (Å²) in [6.45, 7) is 5.47. The number of halogens is 3. The molecule has 6 rings (SSSR count). The van der Waals surface area contributed by atoms with Crippen molar-refractivity contribution in [3.8, 4) is 5.75 Å². The molecule has 4 aliphatic rings. The van der Waals surface area contributed by atoms with Gasteiger partial charge >= 0.3 is 0 Å². The summed E-state index contributed by atoms with van der Waals surface area (Å²) in [6, 6.07) is 12.1. The molecule has 10 heteroatoms. The number of aromatic hydroxyl groups is 1. The number of phenols is 1. The van der Waals surface area contributed by atoms with Crippen LogP contribution in [0.4, 0.5) is 5.69 Å². The monoisotopic (exact) mass is 642 g/mol. The van der Waals surface area contributed by atoms with Crippen molar-refractivity contribution < 1.29 is 24.3 Å². The normalized spacial score (nSPS) is 33.0. The minimum atomic E-state index is -1.95. The van der Waals surface area contributed by atoms with Gasteiger partial charge in [-0.2, -0.15) is 0 Å². The lowest BCUT2D eigenvalue weighted by Crippen LogP contribution is -2.60. The standard InChI is InChI=1S/C30H25BrCl2N2O5/c1-3-16-7-9-17(10-8-16)35-25(37)19-12-11-18-21(22(19)26(35)38)13-29(32)27(39)34(14-31)28(40)30(29,33)23(18)20-6-4-5-15(2)24(20)36/h3-11,19,21-23,36H,1,12-14H2,2H3/t19-,21+,22-,23+,29+,30-/m0/s1. The highest BCUT2D eigenvalue weighted by molar-refractivity contribution is 9.09. The lowest BCUT2D eigenvalue weighted by Gasteiger charge is -2.50. The van der Waals surface area contributed by atoms with Crippen molar-refractivity contribution in [1.82, 2.24) is 4.90 Å². The number of nitrogens with zero attached hydrogens (tertiary/aromatic N) is 2. The second-order valence-corrected chi connectivity index (χ2v) is 12.5. The number of fused-ring (bicyclic) bond motifs is 4. The molecular weight excluding hydrogens is 619 g/mol. The zero-order valence-corrected chi connectivity index (χ0v) is 24.5. The van der Waals surface area contributed by atoms with Gasteiger partial charge in [-0.3, -0.25) is 29.0 Å². The van der Waals surface area contributed by atoms with Gasteiger partial charge < -0.3 is 5.11 Å². The van der Waals surface area contributed by atoms with Crippen LogP contribution in [-0.4, -0.2) is 48.8 Å². The molecule has 7 nitrogen and oxygen atoms in total. The van der Waals surface area contributed by atoms with Crippen LogP contribution in [0.3, 0.4) is 0 Å². The first kappa shape index (κ1) is 27.2. The SMILES string of the molecule is C=Cc1ccc(N2C(=O)[C@H]3[C@H](CC=C4[C@H]3C[C@@]3(Cl)C(=O)N(CBr)C(=O)[C@@]3(Cl)[C@H]4c3cccc(C)c3O)C2=O)cc1. The predicted molar refractivity (Wildman–Crippen MR) is 155 cm³/mol. The fourth-order valence-electron chi connectivity index (χ4n) is 7.03. The lowest BCUT2D eigenvalue weighted by molar-refractivity contribution is -0.138. The Morgan fingerprint density at radius 3 is 2.40 bits per heavy atom. The van der Waals surface area contributed by atoms with Crippen molar-refractivity contribution in [2.45, 2.75) is 35.4 Å². The van der Waals surface area contributed by atoms with Gasteiger partial charge in [0.05, 0.1) is 23.0 Å². The zero-order chi connectivity index (χ0) is 28.7. The number of hydrogen-bond acceptors (Lipinski definition) is 5. The van der Waals surface area contributed by atoms with Crippen molar-refractivity contribution in [2.75, 3.05) is 10.4 Å². The Morgan fingerprint density at radius 2 is 1.75 bits per heavy atom. The zero-order valence-electron chi connectivity index (χ0n) is 21.4. The number of imide groups is 2. The van der Waals surface area contributed by atoms with Gasteiger partial charge in [-0.05, 0) is 48.9 Å². The number of allylic oxidation sites excluding steroid dienone is 2. The summed E-state index contributed by atoms with van der Waals surface area (Å²) >= 11 is 17.6. The number of benzene rings is 2. The Hall–Kier alpha value is -2.94. The van der Waals surface area contributed by atoms with E-state index in [4.69, 9.17) is 23.2 Å². The summed E-state index contributed by atoms with van der Waals surface area (Å²) in [6.07, 6.45) is 3.66. The van der Waals surface area contributed by atoms with Gasteiger partial charge in [0.1, 0.15) is 5.75 Å². The first-order chi connectivity index (χ1) is 19.0. The topological polar surface area (TPSA) is 95.0 Å². The van der Waals surface area contributed by atoms with E-state index < -0.39 is 45.2 Å². The minimum Gasteiger partial charge on any atom is -0.507 e. The second-order valence-electron chi connectivity index (χ2n) is 10.8. The first-order valence-electron chi connectivity index (χ1n) is 12.9. The number of amides is 4. The molecule has 206 valence electrons. The van der Waals surface area contributed by atoms with Crippen molar-refractivity contribution in [2.24, 2.45) is 17.8 Å². The van der Waals surface area contributed by atoms with Crippen LogP contribution in [0, 0.1) is 24.7 Å². The van der Waals surface area contributed by atoms with E-state index in [2.05, 4.69) is 22.5 Å². The summed E-state index contributed by atoms with van der Waals surface area (Å²) < 4.78 is 0. The Bertz CT molecular complexity index is 1540. The number of carbonyl (C=O) groups is 4. The molecule has 3 fully saturated rings. The number of para-hydroxylation sites is 1. The van der Waals surface area contributed by atoms with Crippen molar-refractivity contribution in [1.29, 1.82) is 0 Å². The number of rotatable bonds is 4. The Morgan fingerprint density at radius 1 is 1.05 bits per heavy atom. The van der Waals surface area contributed by atoms with E-state index in [1.165, 1.54) is 4.90 Å². The second kappa shape index (κ2) is 9.29. The number of hydrogen-bond donors (Lipinski definition) is 1. The minimum absolute atomic E-state index is 0.0643. The van der Waals surface area contributed by atoms with Crippen LogP contribution in [0.2, 0.25) is 0 Å². The third kappa shape index (κ3) is 3.36. The molecule has 1 N–H and O–H groups in total. The molecule has 1 saturated carbocycles. The molecule has 2 saturated heterocycles. The van der Waals surface area contributed by atoms with Crippen LogP contribution < -0.4 is 4.90 Å². The van der Waals surface area contributed by atoms with Gasteiger partial charge in [-0.1, -0.05) is 70.6 Å². The Balaban J connectivity index is 1.52. The summed E-state index contributed by atoms with van der Waals surface area (Å²) in [5, 5.41) is 11.2. The maximum Gasteiger partial charge on any atom is 0.254 e. The van der Waals surface area contributed by atoms with Gasteiger partial charge in [0, 0.05) is 11.5 Å². The van der Waals surface area contributed by atoms with Crippen molar-refractivity contribution in [3.63, 3.8) is 0 Å². The molecule has 2 aromatic carbocycles. The van der Waals surface area contributed by atoms with Gasteiger partial charge in [-0.15, -0.1) is 23.2 Å². The van der Waals surface area contributed by atoms with Gasteiger partial charge in [0.2, 0.25) is 11.8 Å². The molecule has 0 spiro atoms. The summed E-state index contributed by atoms with van der Waals surface area (Å²) in [7, 11) is 0. The van der Waals surface area contributed by atoms with Crippen LogP contribution in [0.25, 0.3) is 6.08 Å². The molecule has 6 atom stereocenters. The fraction of sp³-hybridized carbons (Fsp3) is 0.333. The largest absolute Gasteiger partial charge is 0.507 e. The van der Waals surface area contributed by atoms with Crippen LogP contribution in [-0.2, 0) is 19.2 Å². The van der Waals surface area contributed by atoms with Crippen LogP contribution >= 0.6 is 39.1 Å². The van der Waals surface area contributed by atoms with E-state index in [0.717, 1.165) is 10.5 Å². The summed E-state index contributed by atoms with van der Waals surface area (Å²) in [5.74, 6) is -5.24. The maximum absolute atomic E-state index is 14.0. The van der Waals surface area contributed by atoms with Crippen molar-refractivity contribution >= 4 is 74.5 Å². The van der Waals surface area contributed by atoms with Gasteiger partial charge in [0.15, 0.2) is 9.75 Å². The molecule has 0 aromatic heterocycles. The highest BCUT2D eigenvalue weighted by atomic mass is 79.9. The highest BCUT2D eigenvalue weighted by Gasteiger charge is 2.76. The summed E-state index contributed by atoms with van der Waals surface area (Å²) in [5.41, 5.74) is 2.73. The quantitative estimate of drug-likeness (QED) is 0.212. The number of aryl methyl sites for hydroxylation is 1. The van der Waals surface area contributed by atoms with Crippen LogP contribution in [0.1, 0.15) is 35.4 Å². The smallest absolute Gasteiger partial charge is 0.254 e. The summed E-state index contributed by atoms with van der Waals surface area (Å²) in [4.78, 5) is 53.5. The van der Waals surface area contributed by atoms with E-state index in [0.29, 0.717) is 22.4 Å². The average Bonchev–Trinajstić information content (AvgIpc) is 3.28. The number of phenolic OH excluding ortho intramolecular Hbond substituents is 1. The van der Waals surface area contributed by atoms with E-state index in [1.807, 2.05) is 6.08 Å². The molecule has 0 radical (unpaired) electrons. The molecule has 2 heterocycles. The molecule has 2 aliphatic carbocycles. The van der Waals surface area contributed by atoms with Gasteiger partial charge in [-0.25, -0.2) is 0 Å². The fourth-order valence-corrected chi connectivity index (χ4v) is 8.44. The van der Waals surface area contributed by atoms with E-state index in [-0.39, 0.29) is 35.9 Å². The van der Waals surface area contributed by atoms with Crippen molar-refractivity contribution in [3.05, 3.63) is 77.4 Å². The number of carbonyl (C=O) groups excluding carboxylic acids is 4. The number of anilines is 1. The number of likely N-dealkylation sites (tertiary alicyclic amines) is 1. The molecule has 2 aromatic rings.